The molecule has 0 aliphatic heterocycles. The van der Waals surface area contributed by atoms with Gasteiger partial charge in [-0.05, 0) is 50.5 Å². The first-order valence-electron chi connectivity index (χ1n) is 8.69. The minimum absolute atomic E-state index is 0.574. The molecule has 1 aromatic heterocycles. The summed E-state index contributed by atoms with van der Waals surface area (Å²) in [5.41, 5.74) is 4.52. The predicted molar refractivity (Wildman–Crippen MR) is 103 cm³/mol. The topological polar surface area (TPSA) is 58.5 Å². The van der Waals surface area contributed by atoms with E-state index in [0.717, 1.165) is 42.5 Å². The summed E-state index contributed by atoms with van der Waals surface area (Å²) in [6.45, 7) is 8.32. The Labute approximate surface area is 150 Å². The predicted octanol–water partition coefficient (Wildman–Crippen LogP) is 3.00. The van der Waals surface area contributed by atoms with Gasteiger partial charge in [-0.15, -0.1) is 0 Å². The highest BCUT2D eigenvalue weighted by molar-refractivity contribution is 5.79. The SMILES string of the molecule is CCNC(=NCc1ccc(C)cc1OC)NCCc1ccc(C)nc1. The summed E-state index contributed by atoms with van der Waals surface area (Å²) in [7, 11) is 1.70. The molecule has 2 rings (SSSR count). The lowest BCUT2D eigenvalue weighted by molar-refractivity contribution is 0.409. The van der Waals surface area contributed by atoms with E-state index in [0.29, 0.717) is 6.54 Å². The van der Waals surface area contributed by atoms with Gasteiger partial charge in [0.2, 0.25) is 0 Å². The van der Waals surface area contributed by atoms with Crippen LogP contribution in [0.2, 0.25) is 0 Å². The van der Waals surface area contributed by atoms with E-state index >= 15 is 0 Å². The van der Waals surface area contributed by atoms with E-state index in [4.69, 9.17) is 4.74 Å². The van der Waals surface area contributed by atoms with Gasteiger partial charge in [0.25, 0.3) is 0 Å². The third kappa shape index (κ3) is 6.10. The van der Waals surface area contributed by atoms with Crippen molar-refractivity contribution in [2.24, 2.45) is 4.99 Å². The normalized spacial score (nSPS) is 11.3. The quantitative estimate of drug-likeness (QED) is 0.601. The highest BCUT2D eigenvalue weighted by Crippen LogP contribution is 2.20. The number of nitrogens with one attached hydrogen (secondary N) is 2. The van der Waals surface area contributed by atoms with Crippen LogP contribution in [0.1, 0.15) is 29.3 Å². The summed E-state index contributed by atoms with van der Waals surface area (Å²) in [5, 5.41) is 6.65. The number of pyridine rings is 1. The van der Waals surface area contributed by atoms with E-state index < -0.39 is 0 Å². The lowest BCUT2D eigenvalue weighted by Gasteiger charge is -2.12. The zero-order chi connectivity index (χ0) is 18.1. The molecule has 5 heteroatoms. The number of guanidine groups is 1. The van der Waals surface area contributed by atoms with E-state index in [2.05, 4.69) is 52.7 Å². The molecule has 1 heterocycles. The molecule has 2 N–H and O–H groups in total. The molecule has 0 saturated carbocycles. The molecule has 0 atom stereocenters. The Morgan fingerprint density at radius 3 is 2.68 bits per heavy atom. The van der Waals surface area contributed by atoms with Gasteiger partial charge in [0.15, 0.2) is 5.96 Å². The van der Waals surface area contributed by atoms with Crippen molar-refractivity contribution >= 4 is 5.96 Å². The largest absolute Gasteiger partial charge is 0.496 e. The first-order chi connectivity index (χ1) is 12.1. The van der Waals surface area contributed by atoms with Gasteiger partial charge in [-0.2, -0.15) is 0 Å². The zero-order valence-electron chi connectivity index (χ0n) is 15.6. The number of rotatable bonds is 7. The molecule has 0 amide bonds. The average Bonchev–Trinajstić information content (AvgIpc) is 2.62. The van der Waals surface area contributed by atoms with Crippen molar-refractivity contribution in [3.63, 3.8) is 0 Å². The van der Waals surface area contributed by atoms with Crippen LogP contribution in [-0.2, 0) is 13.0 Å². The van der Waals surface area contributed by atoms with Crippen molar-refractivity contribution in [3.05, 3.63) is 58.9 Å². The summed E-state index contributed by atoms with van der Waals surface area (Å²) in [6, 6.07) is 10.3. The van der Waals surface area contributed by atoms with E-state index in [-0.39, 0.29) is 0 Å². The van der Waals surface area contributed by atoms with Crippen molar-refractivity contribution in [1.82, 2.24) is 15.6 Å². The maximum Gasteiger partial charge on any atom is 0.191 e. The number of aryl methyl sites for hydroxylation is 2. The molecule has 5 nitrogen and oxygen atoms in total. The Hall–Kier alpha value is -2.56. The third-order valence-electron chi connectivity index (χ3n) is 3.87. The van der Waals surface area contributed by atoms with E-state index in [1.807, 2.05) is 25.3 Å². The molecule has 0 radical (unpaired) electrons. The number of aliphatic imine (C=N–C) groups is 1. The zero-order valence-corrected chi connectivity index (χ0v) is 15.6. The fourth-order valence-electron chi connectivity index (χ4n) is 2.46. The van der Waals surface area contributed by atoms with Crippen LogP contribution in [0.15, 0.2) is 41.5 Å². The lowest BCUT2D eigenvalue weighted by Crippen LogP contribution is -2.38. The van der Waals surface area contributed by atoms with Gasteiger partial charge in [-0.25, -0.2) is 4.99 Å². The summed E-state index contributed by atoms with van der Waals surface area (Å²) < 4.78 is 5.45. The maximum atomic E-state index is 5.45. The second-order valence-corrected chi connectivity index (χ2v) is 6.00. The van der Waals surface area contributed by atoms with Crippen LogP contribution in [0.5, 0.6) is 5.75 Å². The fraction of sp³-hybridized carbons (Fsp3) is 0.400. The smallest absolute Gasteiger partial charge is 0.191 e. The Bertz CT molecular complexity index is 695. The number of nitrogens with zero attached hydrogens (tertiary/aromatic N) is 2. The highest BCUT2D eigenvalue weighted by Gasteiger charge is 2.04. The molecular weight excluding hydrogens is 312 g/mol. The van der Waals surface area contributed by atoms with Gasteiger partial charge in [-0.1, -0.05) is 18.2 Å². The van der Waals surface area contributed by atoms with Crippen molar-refractivity contribution < 1.29 is 4.74 Å². The van der Waals surface area contributed by atoms with Crippen LogP contribution < -0.4 is 15.4 Å². The molecule has 134 valence electrons. The highest BCUT2D eigenvalue weighted by atomic mass is 16.5. The number of hydrogen-bond acceptors (Lipinski definition) is 3. The maximum absolute atomic E-state index is 5.45. The minimum Gasteiger partial charge on any atom is -0.496 e. The Balaban J connectivity index is 1.94. The van der Waals surface area contributed by atoms with Gasteiger partial charge in [-0.3, -0.25) is 4.98 Å². The molecule has 0 spiro atoms. The molecule has 0 fully saturated rings. The molecule has 25 heavy (non-hydrogen) atoms. The van der Waals surface area contributed by atoms with E-state index in [9.17, 15) is 0 Å². The molecule has 0 aliphatic carbocycles. The molecule has 1 aromatic carbocycles. The van der Waals surface area contributed by atoms with Crippen LogP contribution in [0.3, 0.4) is 0 Å². The Morgan fingerprint density at radius 2 is 2.00 bits per heavy atom. The summed E-state index contributed by atoms with van der Waals surface area (Å²) in [5.74, 6) is 1.69. The molecule has 0 bridgehead atoms. The molecule has 0 aliphatic rings. The number of benzene rings is 1. The summed E-state index contributed by atoms with van der Waals surface area (Å²) in [6.07, 6.45) is 2.84. The van der Waals surface area contributed by atoms with Crippen LogP contribution >= 0.6 is 0 Å². The monoisotopic (exact) mass is 340 g/mol. The van der Waals surface area contributed by atoms with Gasteiger partial charge in [0.1, 0.15) is 5.75 Å². The Morgan fingerprint density at radius 1 is 1.16 bits per heavy atom. The van der Waals surface area contributed by atoms with Gasteiger partial charge < -0.3 is 15.4 Å². The standard InChI is InChI=1S/C20H28N4O/c1-5-21-20(22-11-10-17-8-7-16(3)23-13-17)24-14-18-9-6-15(2)12-19(18)25-4/h6-9,12-13H,5,10-11,14H2,1-4H3,(H2,21,22,24). The Kier molecular flexibility index (Phi) is 7.26. The number of aromatic nitrogens is 1. The molecule has 0 unspecified atom stereocenters. The number of methoxy groups -OCH3 is 1. The molecule has 0 saturated heterocycles. The van der Waals surface area contributed by atoms with Crippen LogP contribution in [0.4, 0.5) is 0 Å². The van der Waals surface area contributed by atoms with Crippen molar-refractivity contribution in [2.45, 2.75) is 33.7 Å². The van der Waals surface area contributed by atoms with Crippen molar-refractivity contribution in [1.29, 1.82) is 0 Å². The average molecular weight is 340 g/mol. The summed E-state index contributed by atoms with van der Waals surface area (Å²) in [4.78, 5) is 8.99. The third-order valence-corrected chi connectivity index (χ3v) is 3.87. The molecular formula is C20H28N4O. The number of ether oxygens (including phenoxy) is 1. The fourth-order valence-corrected chi connectivity index (χ4v) is 2.46. The lowest BCUT2D eigenvalue weighted by atomic mass is 10.1. The molecule has 2 aromatic rings. The van der Waals surface area contributed by atoms with Crippen LogP contribution in [0, 0.1) is 13.8 Å². The van der Waals surface area contributed by atoms with E-state index in [1.165, 1.54) is 11.1 Å². The van der Waals surface area contributed by atoms with Gasteiger partial charge in [0.05, 0.1) is 13.7 Å². The van der Waals surface area contributed by atoms with Crippen LogP contribution in [-0.4, -0.2) is 31.1 Å². The second-order valence-electron chi connectivity index (χ2n) is 6.00. The minimum atomic E-state index is 0.574. The van der Waals surface area contributed by atoms with Crippen molar-refractivity contribution in [3.8, 4) is 5.75 Å². The first-order valence-corrected chi connectivity index (χ1v) is 8.69. The van der Waals surface area contributed by atoms with Gasteiger partial charge >= 0.3 is 0 Å². The summed E-state index contributed by atoms with van der Waals surface area (Å²) >= 11 is 0. The van der Waals surface area contributed by atoms with Gasteiger partial charge in [0, 0.05) is 30.5 Å². The van der Waals surface area contributed by atoms with Crippen LogP contribution in [0.25, 0.3) is 0 Å². The van der Waals surface area contributed by atoms with E-state index in [1.54, 1.807) is 7.11 Å². The number of hydrogen-bond donors (Lipinski definition) is 2. The van der Waals surface area contributed by atoms with Crippen molar-refractivity contribution in [2.75, 3.05) is 20.2 Å². The first kappa shape index (κ1) is 18.8. The second kappa shape index (κ2) is 9.67.